The van der Waals surface area contributed by atoms with E-state index >= 15 is 0 Å². The van der Waals surface area contributed by atoms with Crippen LogP contribution in [0.4, 0.5) is 4.39 Å². The predicted octanol–water partition coefficient (Wildman–Crippen LogP) is 2.92. The molecule has 1 aromatic carbocycles. The third kappa shape index (κ3) is 2.99. The maximum absolute atomic E-state index is 14.0. The third-order valence-corrected chi connectivity index (χ3v) is 4.74. The Labute approximate surface area is 117 Å². The van der Waals surface area contributed by atoms with Crippen LogP contribution in [-0.4, -0.2) is 35.5 Å². The van der Waals surface area contributed by atoms with Crippen LogP contribution in [0.25, 0.3) is 0 Å². The number of hydrogen-bond donors (Lipinski definition) is 1. The molecule has 18 heavy (non-hydrogen) atoms. The molecule has 2 atom stereocenters. The van der Waals surface area contributed by atoms with Gasteiger partial charge in [0.2, 0.25) is 0 Å². The fourth-order valence-electron chi connectivity index (χ4n) is 2.41. The van der Waals surface area contributed by atoms with Gasteiger partial charge in [0.15, 0.2) is 0 Å². The molecule has 1 aliphatic heterocycles. The largest absolute Gasteiger partial charge is 0.329 e. The second kappa shape index (κ2) is 6.24. The van der Waals surface area contributed by atoms with Crippen molar-refractivity contribution in [1.82, 2.24) is 4.90 Å². The Balaban J connectivity index is 2.27. The summed E-state index contributed by atoms with van der Waals surface area (Å²) in [7, 11) is 0. The standard InChI is InChI=1S/C13H18ClFN2S/c1-9-8-17(5-6-18-9)12(7-16)13-10(14)3-2-4-11(13)15/h2-4,9,12H,5-8,16H2,1H3. The number of thioether (sulfide) groups is 1. The van der Waals surface area contributed by atoms with Gasteiger partial charge in [-0.25, -0.2) is 4.39 Å². The average molecular weight is 289 g/mol. The number of hydrogen-bond acceptors (Lipinski definition) is 3. The first-order chi connectivity index (χ1) is 8.63. The summed E-state index contributed by atoms with van der Waals surface area (Å²) in [6.07, 6.45) is 0. The van der Waals surface area contributed by atoms with Crippen molar-refractivity contribution in [1.29, 1.82) is 0 Å². The minimum absolute atomic E-state index is 0.123. The van der Waals surface area contributed by atoms with E-state index in [0.717, 1.165) is 18.8 Å². The smallest absolute Gasteiger partial charge is 0.129 e. The number of nitrogens with two attached hydrogens (primary N) is 1. The van der Waals surface area contributed by atoms with Crippen molar-refractivity contribution in [2.75, 3.05) is 25.4 Å². The maximum atomic E-state index is 14.0. The van der Waals surface area contributed by atoms with Crippen LogP contribution in [-0.2, 0) is 0 Å². The van der Waals surface area contributed by atoms with Gasteiger partial charge in [-0.3, -0.25) is 4.90 Å². The molecule has 1 aliphatic rings. The number of rotatable bonds is 3. The highest BCUT2D eigenvalue weighted by molar-refractivity contribution is 7.99. The summed E-state index contributed by atoms with van der Waals surface area (Å²) in [5.74, 6) is 0.799. The molecule has 2 N–H and O–H groups in total. The van der Waals surface area contributed by atoms with Gasteiger partial charge >= 0.3 is 0 Å². The monoisotopic (exact) mass is 288 g/mol. The molecule has 1 aromatic rings. The molecule has 0 aliphatic carbocycles. The Morgan fingerprint density at radius 3 is 3.00 bits per heavy atom. The highest BCUT2D eigenvalue weighted by Crippen LogP contribution is 2.32. The molecule has 2 rings (SSSR count). The van der Waals surface area contributed by atoms with Crippen molar-refractivity contribution in [3.63, 3.8) is 0 Å². The maximum Gasteiger partial charge on any atom is 0.129 e. The first-order valence-electron chi connectivity index (χ1n) is 6.13. The van der Waals surface area contributed by atoms with Gasteiger partial charge in [0, 0.05) is 41.2 Å². The Morgan fingerprint density at radius 1 is 1.61 bits per heavy atom. The van der Waals surface area contributed by atoms with Gasteiger partial charge < -0.3 is 5.73 Å². The van der Waals surface area contributed by atoms with Crippen molar-refractivity contribution in [3.8, 4) is 0 Å². The summed E-state index contributed by atoms with van der Waals surface area (Å²) in [6.45, 7) is 4.43. The van der Waals surface area contributed by atoms with Crippen LogP contribution in [0, 0.1) is 5.82 Å². The molecule has 0 saturated carbocycles. The molecular formula is C13H18ClFN2S. The van der Waals surface area contributed by atoms with E-state index in [9.17, 15) is 4.39 Å². The lowest BCUT2D eigenvalue weighted by Crippen LogP contribution is -2.42. The van der Waals surface area contributed by atoms with Gasteiger partial charge in [0.05, 0.1) is 6.04 Å². The van der Waals surface area contributed by atoms with Gasteiger partial charge in [0.1, 0.15) is 5.82 Å². The van der Waals surface area contributed by atoms with Crippen LogP contribution < -0.4 is 5.73 Å². The van der Waals surface area contributed by atoms with E-state index in [1.165, 1.54) is 6.07 Å². The first-order valence-corrected chi connectivity index (χ1v) is 7.55. The fourth-order valence-corrected chi connectivity index (χ4v) is 3.74. The molecule has 2 nitrogen and oxygen atoms in total. The molecule has 0 bridgehead atoms. The zero-order valence-corrected chi connectivity index (χ0v) is 12.0. The van der Waals surface area contributed by atoms with Crippen LogP contribution in [0.2, 0.25) is 5.02 Å². The molecule has 0 spiro atoms. The van der Waals surface area contributed by atoms with Gasteiger partial charge in [-0.05, 0) is 12.1 Å². The van der Waals surface area contributed by atoms with Crippen molar-refractivity contribution < 1.29 is 4.39 Å². The van der Waals surface area contributed by atoms with E-state index in [1.807, 2.05) is 11.8 Å². The van der Waals surface area contributed by atoms with Gasteiger partial charge in [-0.1, -0.05) is 24.6 Å². The lowest BCUT2D eigenvalue weighted by atomic mass is 10.0. The summed E-state index contributed by atoms with van der Waals surface area (Å²) in [6, 6.07) is 4.68. The van der Waals surface area contributed by atoms with Crippen LogP contribution in [0.15, 0.2) is 18.2 Å². The van der Waals surface area contributed by atoms with E-state index in [2.05, 4.69) is 11.8 Å². The first kappa shape index (κ1) is 14.1. The highest BCUT2D eigenvalue weighted by Gasteiger charge is 2.27. The van der Waals surface area contributed by atoms with Crippen molar-refractivity contribution in [2.24, 2.45) is 5.73 Å². The second-order valence-corrected chi connectivity index (χ2v) is 6.52. The number of benzene rings is 1. The van der Waals surface area contributed by atoms with E-state index < -0.39 is 0 Å². The quantitative estimate of drug-likeness (QED) is 0.927. The molecule has 0 radical (unpaired) electrons. The molecule has 1 fully saturated rings. The van der Waals surface area contributed by atoms with Crippen LogP contribution in [0.3, 0.4) is 0 Å². The van der Waals surface area contributed by atoms with Crippen LogP contribution >= 0.6 is 23.4 Å². The van der Waals surface area contributed by atoms with Crippen molar-refractivity contribution in [2.45, 2.75) is 18.2 Å². The Kier molecular flexibility index (Phi) is 4.90. The molecule has 1 saturated heterocycles. The normalized spacial score (nSPS) is 23.0. The van der Waals surface area contributed by atoms with Gasteiger partial charge in [0.25, 0.3) is 0 Å². The summed E-state index contributed by atoms with van der Waals surface area (Å²) in [4.78, 5) is 2.24. The lowest BCUT2D eigenvalue weighted by Gasteiger charge is -2.37. The molecule has 0 amide bonds. The Bertz CT molecular complexity index is 396. The molecule has 5 heteroatoms. The number of halogens is 2. The van der Waals surface area contributed by atoms with E-state index in [4.69, 9.17) is 17.3 Å². The highest BCUT2D eigenvalue weighted by atomic mass is 35.5. The molecule has 100 valence electrons. The average Bonchev–Trinajstić information content (AvgIpc) is 2.34. The Morgan fingerprint density at radius 2 is 2.39 bits per heavy atom. The Hall–Kier alpha value is -0.290. The zero-order valence-electron chi connectivity index (χ0n) is 10.4. The van der Waals surface area contributed by atoms with E-state index in [1.54, 1.807) is 12.1 Å². The van der Waals surface area contributed by atoms with Crippen molar-refractivity contribution in [3.05, 3.63) is 34.6 Å². The van der Waals surface area contributed by atoms with Gasteiger partial charge in [-0.2, -0.15) is 11.8 Å². The SMILES string of the molecule is CC1CN(C(CN)c2c(F)cccc2Cl)CCS1. The summed E-state index contributed by atoms with van der Waals surface area (Å²) < 4.78 is 14.0. The third-order valence-electron chi connectivity index (χ3n) is 3.27. The van der Waals surface area contributed by atoms with Gasteiger partial charge in [-0.15, -0.1) is 0 Å². The molecule has 2 unspecified atom stereocenters. The van der Waals surface area contributed by atoms with E-state index in [-0.39, 0.29) is 11.9 Å². The van der Waals surface area contributed by atoms with Crippen molar-refractivity contribution >= 4 is 23.4 Å². The van der Waals surface area contributed by atoms with Crippen LogP contribution in [0.5, 0.6) is 0 Å². The van der Waals surface area contributed by atoms with E-state index in [0.29, 0.717) is 22.4 Å². The number of nitrogens with zero attached hydrogens (tertiary/aromatic N) is 1. The molecule has 1 heterocycles. The predicted molar refractivity (Wildman–Crippen MR) is 76.7 cm³/mol. The summed E-state index contributed by atoms with van der Waals surface area (Å²) >= 11 is 8.08. The zero-order chi connectivity index (χ0) is 13.1. The topological polar surface area (TPSA) is 29.3 Å². The summed E-state index contributed by atoms with van der Waals surface area (Å²) in [5, 5.41) is 1.02. The fraction of sp³-hybridized carbons (Fsp3) is 0.538. The second-order valence-electron chi connectivity index (χ2n) is 4.56. The minimum Gasteiger partial charge on any atom is -0.329 e. The molecule has 0 aromatic heterocycles. The lowest BCUT2D eigenvalue weighted by molar-refractivity contribution is 0.207. The summed E-state index contributed by atoms with van der Waals surface area (Å²) in [5.41, 5.74) is 6.39. The molecular weight excluding hydrogens is 271 g/mol. The van der Waals surface area contributed by atoms with Crippen LogP contribution in [0.1, 0.15) is 18.5 Å². The minimum atomic E-state index is -0.260.